The molecule has 0 fully saturated rings. The van der Waals surface area contributed by atoms with Crippen molar-refractivity contribution in [3.8, 4) is 5.75 Å². The number of phenolic OH excluding ortho intramolecular Hbond substituents is 1. The number of phenols is 1. The fraction of sp³-hybridized carbons (Fsp3) is 0.467. The Kier molecular flexibility index (Phi) is 4.57. The molecule has 22 heavy (non-hydrogen) atoms. The van der Waals surface area contributed by atoms with Crippen LogP contribution in [0.2, 0.25) is 25.7 Å². The Balaban J connectivity index is 2.25. The van der Waals surface area contributed by atoms with E-state index < -0.39 is 14.0 Å². The number of hydrogen-bond donors (Lipinski definition) is 2. The van der Waals surface area contributed by atoms with Crippen LogP contribution in [0.5, 0.6) is 5.75 Å². The number of fused-ring (bicyclic) bond motifs is 1. The van der Waals surface area contributed by atoms with Crippen LogP contribution in [0.3, 0.4) is 0 Å². The van der Waals surface area contributed by atoms with Gasteiger partial charge in [0.15, 0.2) is 0 Å². The normalized spacial score (nSPS) is 12.0. The number of aromatic nitrogens is 2. The van der Waals surface area contributed by atoms with E-state index in [9.17, 15) is 9.90 Å². The summed E-state index contributed by atoms with van der Waals surface area (Å²) in [5, 5.41) is 19.0. The summed E-state index contributed by atoms with van der Waals surface area (Å²) >= 11 is 0. The van der Waals surface area contributed by atoms with E-state index in [1.165, 1.54) is 12.1 Å². The molecule has 120 valence electrons. The smallest absolute Gasteiger partial charge is 0.335 e. The van der Waals surface area contributed by atoms with Crippen LogP contribution in [0, 0.1) is 6.92 Å². The van der Waals surface area contributed by atoms with Gasteiger partial charge in [0.05, 0.1) is 11.1 Å². The fourth-order valence-electron chi connectivity index (χ4n) is 2.14. The molecule has 0 bridgehead atoms. The third kappa shape index (κ3) is 3.66. The molecule has 2 N–H and O–H groups in total. The molecule has 0 aliphatic carbocycles. The van der Waals surface area contributed by atoms with Gasteiger partial charge in [-0.25, -0.2) is 9.78 Å². The minimum atomic E-state index is -1.15. The summed E-state index contributed by atoms with van der Waals surface area (Å²) < 4.78 is 7.50. The maximum Gasteiger partial charge on any atom is 0.335 e. The first-order valence-corrected chi connectivity index (χ1v) is 10.9. The molecule has 2 aromatic rings. The van der Waals surface area contributed by atoms with Gasteiger partial charge in [0, 0.05) is 14.7 Å². The van der Waals surface area contributed by atoms with Crippen LogP contribution in [0.4, 0.5) is 0 Å². The lowest BCUT2D eigenvalue weighted by Gasteiger charge is -2.16. The van der Waals surface area contributed by atoms with Crippen LogP contribution < -0.4 is 0 Å². The number of hydrogen-bond acceptors (Lipinski definition) is 4. The number of aromatic hydroxyl groups is 1. The number of benzene rings is 1. The van der Waals surface area contributed by atoms with Gasteiger partial charge in [-0.05, 0) is 25.1 Å². The van der Waals surface area contributed by atoms with Crippen LogP contribution in [0.25, 0.3) is 11.0 Å². The van der Waals surface area contributed by atoms with Crippen molar-refractivity contribution in [2.75, 3.05) is 6.61 Å². The van der Waals surface area contributed by atoms with E-state index in [1.807, 2.05) is 6.92 Å². The number of ether oxygens (including phenoxy) is 1. The van der Waals surface area contributed by atoms with Crippen molar-refractivity contribution in [2.24, 2.45) is 0 Å². The summed E-state index contributed by atoms with van der Waals surface area (Å²) in [7, 11) is -1.15. The average Bonchev–Trinajstić information content (AvgIpc) is 2.70. The number of nitrogens with zero attached hydrogens (tertiary/aromatic N) is 2. The van der Waals surface area contributed by atoms with Gasteiger partial charge in [0.1, 0.15) is 23.8 Å². The highest BCUT2D eigenvalue weighted by atomic mass is 28.3. The summed E-state index contributed by atoms with van der Waals surface area (Å²) in [5.41, 5.74) is 1.01. The highest BCUT2D eigenvalue weighted by Gasteiger charge is 2.16. The number of carbonyl (C=O) groups is 1. The minimum Gasteiger partial charge on any atom is -0.506 e. The summed E-state index contributed by atoms with van der Waals surface area (Å²) in [4.78, 5) is 15.4. The van der Waals surface area contributed by atoms with Crippen LogP contribution in [-0.2, 0) is 11.5 Å². The van der Waals surface area contributed by atoms with Gasteiger partial charge in [-0.15, -0.1) is 0 Å². The number of aromatic carboxylic acids is 1. The Hall–Kier alpha value is -1.86. The summed E-state index contributed by atoms with van der Waals surface area (Å²) in [6.07, 6.45) is 0. The molecule has 1 heterocycles. The number of aryl methyl sites for hydroxylation is 1. The topological polar surface area (TPSA) is 84.6 Å². The predicted molar refractivity (Wildman–Crippen MR) is 87.2 cm³/mol. The van der Waals surface area contributed by atoms with Gasteiger partial charge in [0.2, 0.25) is 0 Å². The van der Waals surface area contributed by atoms with Crippen molar-refractivity contribution in [3.05, 3.63) is 23.5 Å². The Morgan fingerprint density at radius 2 is 2.05 bits per heavy atom. The van der Waals surface area contributed by atoms with Crippen LogP contribution in [-0.4, -0.2) is 40.4 Å². The van der Waals surface area contributed by atoms with E-state index >= 15 is 0 Å². The molecular formula is C15H22N2O4Si. The molecule has 0 spiro atoms. The summed E-state index contributed by atoms with van der Waals surface area (Å²) in [6, 6.07) is 3.79. The molecule has 0 aliphatic heterocycles. The molecule has 0 aliphatic rings. The highest BCUT2D eigenvalue weighted by Crippen LogP contribution is 2.27. The summed E-state index contributed by atoms with van der Waals surface area (Å²) in [5.74, 6) is -0.526. The van der Waals surface area contributed by atoms with Gasteiger partial charge in [-0.1, -0.05) is 19.6 Å². The van der Waals surface area contributed by atoms with Crippen LogP contribution in [0.1, 0.15) is 16.2 Å². The Bertz CT molecular complexity index is 704. The SMILES string of the molecule is Cc1nc2c(O)cc(C(=O)O)cc2n1COCC[Si](C)(C)C. The van der Waals surface area contributed by atoms with Crippen molar-refractivity contribution in [1.29, 1.82) is 0 Å². The molecule has 6 nitrogen and oxygen atoms in total. The van der Waals surface area contributed by atoms with E-state index in [0.717, 1.165) is 6.04 Å². The fourth-order valence-corrected chi connectivity index (χ4v) is 2.90. The third-order valence-corrected chi connectivity index (χ3v) is 5.19. The zero-order valence-corrected chi connectivity index (χ0v) is 14.4. The lowest BCUT2D eigenvalue weighted by Crippen LogP contribution is -2.22. The van der Waals surface area contributed by atoms with Crippen LogP contribution in [0.15, 0.2) is 12.1 Å². The molecule has 0 saturated heterocycles. The van der Waals surface area contributed by atoms with E-state index in [-0.39, 0.29) is 11.3 Å². The van der Waals surface area contributed by atoms with Crippen LogP contribution >= 0.6 is 0 Å². The second-order valence-electron chi connectivity index (χ2n) is 6.60. The van der Waals surface area contributed by atoms with Crippen molar-refractivity contribution in [1.82, 2.24) is 9.55 Å². The molecule has 0 radical (unpaired) electrons. The molecule has 0 saturated carbocycles. The zero-order valence-electron chi connectivity index (χ0n) is 13.4. The number of rotatable bonds is 6. The van der Waals surface area contributed by atoms with Crippen molar-refractivity contribution in [3.63, 3.8) is 0 Å². The molecule has 0 atom stereocenters. The molecule has 1 aromatic carbocycles. The Morgan fingerprint density at radius 3 is 2.64 bits per heavy atom. The first-order valence-electron chi connectivity index (χ1n) is 7.20. The predicted octanol–water partition coefficient (Wildman–Crippen LogP) is 3.06. The highest BCUT2D eigenvalue weighted by molar-refractivity contribution is 6.76. The van der Waals surface area contributed by atoms with E-state index in [1.54, 1.807) is 4.57 Å². The van der Waals surface area contributed by atoms with Gasteiger partial charge in [-0.2, -0.15) is 0 Å². The van der Waals surface area contributed by atoms with E-state index in [4.69, 9.17) is 9.84 Å². The maximum absolute atomic E-state index is 11.1. The number of carboxylic acid groups (broad SMARTS) is 1. The molecule has 7 heteroatoms. The second-order valence-corrected chi connectivity index (χ2v) is 12.2. The molecule has 0 unspecified atom stereocenters. The largest absolute Gasteiger partial charge is 0.506 e. The number of imidazole rings is 1. The second kappa shape index (κ2) is 6.10. The van der Waals surface area contributed by atoms with E-state index in [2.05, 4.69) is 24.6 Å². The van der Waals surface area contributed by atoms with E-state index in [0.29, 0.717) is 30.2 Å². The molecule has 0 amide bonds. The molecule has 1 aromatic heterocycles. The van der Waals surface area contributed by atoms with Gasteiger partial charge in [-0.3, -0.25) is 0 Å². The minimum absolute atomic E-state index is 0.0354. The summed E-state index contributed by atoms with van der Waals surface area (Å²) in [6.45, 7) is 9.62. The molecular weight excluding hydrogens is 300 g/mol. The molecule has 2 rings (SSSR count). The van der Waals surface area contributed by atoms with Gasteiger partial charge >= 0.3 is 5.97 Å². The van der Waals surface area contributed by atoms with Gasteiger partial charge < -0.3 is 19.5 Å². The first-order chi connectivity index (χ1) is 10.2. The van der Waals surface area contributed by atoms with Crippen molar-refractivity contribution in [2.45, 2.75) is 39.3 Å². The average molecular weight is 322 g/mol. The number of carboxylic acids is 1. The van der Waals surface area contributed by atoms with Crippen molar-refractivity contribution >= 4 is 25.1 Å². The third-order valence-electron chi connectivity index (χ3n) is 3.49. The lowest BCUT2D eigenvalue weighted by atomic mass is 10.2. The van der Waals surface area contributed by atoms with Crippen molar-refractivity contribution < 1.29 is 19.7 Å². The monoisotopic (exact) mass is 322 g/mol. The lowest BCUT2D eigenvalue weighted by molar-refractivity contribution is 0.0696. The first kappa shape index (κ1) is 16.5. The standard InChI is InChI=1S/C15H22N2O4Si/c1-10-16-14-12(7-11(15(19)20)8-13(14)18)17(10)9-21-5-6-22(2,3)4/h7-8,18H,5-6,9H2,1-4H3,(H,19,20). The van der Waals surface area contributed by atoms with Gasteiger partial charge in [0.25, 0.3) is 0 Å². The Labute approximate surface area is 130 Å². The zero-order chi connectivity index (χ0) is 16.5. The quantitative estimate of drug-likeness (QED) is 0.631. The maximum atomic E-state index is 11.1. The Morgan fingerprint density at radius 1 is 1.36 bits per heavy atom.